The van der Waals surface area contributed by atoms with E-state index < -0.39 is 124 Å². The molecule has 0 unspecified atom stereocenters. The second-order valence-electron chi connectivity index (χ2n) is 15.4. The first kappa shape index (κ1) is 48.0. The van der Waals surface area contributed by atoms with Gasteiger partial charge in [0.25, 0.3) is 0 Å². The van der Waals surface area contributed by atoms with Crippen LogP contribution in [0.4, 0.5) is 0 Å². The number of carbonyl (C=O) groups excluding carboxylic acids is 7. The van der Waals surface area contributed by atoms with E-state index in [-0.39, 0.29) is 0 Å². The van der Waals surface area contributed by atoms with Crippen molar-refractivity contribution >= 4 is 50.0 Å². The van der Waals surface area contributed by atoms with Gasteiger partial charge in [-0.2, -0.15) is 0 Å². The summed E-state index contributed by atoms with van der Waals surface area (Å²) in [7, 11) is -2.29. The Kier molecular flexibility index (Phi) is 17.0. The van der Waals surface area contributed by atoms with E-state index >= 15 is 0 Å². The van der Waals surface area contributed by atoms with Crippen molar-refractivity contribution in [3.8, 4) is 0 Å². The highest BCUT2D eigenvalue weighted by Crippen LogP contribution is 2.45. The van der Waals surface area contributed by atoms with Crippen LogP contribution < -0.4 is 0 Å². The van der Waals surface area contributed by atoms with Crippen LogP contribution in [0.2, 0.25) is 16.6 Å². The molecule has 3 heterocycles. The molecule has 326 valence electrons. The Labute approximate surface area is 339 Å². The Morgan fingerprint density at radius 3 is 1.38 bits per heavy atom. The summed E-state index contributed by atoms with van der Waals surface area (Å²) in [4.78, 5) is 87.2. The third-order valence-corrected chi connectivity index (χ3v) is 16.9. The molecule has 18 nitrogen and oxygen atoms in total. The maximum absolute atomic E-state index is 12.9. The van der Waals surface area contributed by atoms with E-state index in [0.29, 0.717) is 22.2 Å². The molecule has 1 aromatic heterocycles. The predicted octanol–water partition coefficient (Wildman–Crippen LogP) is 3.85. The molecule has 2 aliphatic heterocycles. The molecule has 0 aromatic carbocycles. The molecule has 0 radical (unpaired) electrons. The second kappa shape index (κ2) is 20.6. The van der Waals surface area contributed by atoms with Crippen LogP contribution in [0.3, 0.4) is 0 Å². The highest BCUT2D eigenvalue weighted by Gasteiger charge is 2.58. The quantitative estimate of drug-likeness (QED) is 0.131. The average Bonchev–Trinajstić information content (AvgIpc) is 3.55. The van der Waals surface area contributed by atoms with Crippen LogP contribution >= 0.6 is 0 Å². The fourth-order valence-electron chi connectivity index (χ4n) is 8.50. The fraction of sp³-hybridized carbons (Fsp3) is 0.718. The zero-order valence-corrected chi connectivity index (χ0v) is 36.5. The molecule has 2 saturated heterocycles. The number of nitrogens with zero attached hydrogens (tertiary/aromatic N) is 1. The van der Waals surface area contributed by atoms with Gasteiger partial charge in [0.2, 0.25) is 0 Å². The van der Waals surface area contributed by atoms with Crippen molar-refractivity contribution in [2.45, 2.75) is 168 Å². The van der Waals surface area contributed by atoms with Crippen molar-refractivity contribution in [1.29, 1.82) is 0 Å². The van der Waals surface area contributed by atoms with Gasteiger partial charge in [-0.05, 0) is 28.9 Å². The summed E-state index contributed by atoms with van der Waals surface area (Å²) in [6, 6.07) is 1.84. The monoisotopic (exact) mass is 841 g/mol. The van der Waals surface area contributed by atoms with Crippen molar-refractivity contribution < 1.29 is 80.9 Å². The van der Waals surface area contributed by atoms with Gasteiger partial charge in [-0.1, -0.05) is 41.5 Å². The van der Waals surface area contributed by atoms with Crippen molar-refractivity contribution in [2.24, 2.45) is 0 Å². The lowest BCUT2D eigenvalue weighted by atomic mass is 9.91. The largest absolute Gasteiger partial charge is 0.463 e. The van der Waals surface area contributed by atoms with Crippen molar-refractivity contribution in [1.82, 2.24) is 4.23 Å². The van der Waals surface area contributed by atoms with Gasteiger partial charge in [-0.25, -0.2) is 0 Å². The maximum Gasteiger partial charge on any atom is 0.303 e. The molecule has 0 saturated carbocycles. The highest BCUT2D eigenvalue weighted by molar-refractivity contribution is 6.82. The summed E-state index contributed by atoms with van der Waals surface area (Å²) < 4.78 is 60.5. The lowest BCUT2D eigenvalue weighted by Gasteiger charge is -2.49. The fourth-order valence-corrected chi connectivity index (χ4v) is 15.0. The Morgan fingerprint density at radius 1 is 0.552 bits per heavy atom. The first-order valence-electron chi connectivity index (χ1n) is 19.3. The maximum atomic E-state index is 12.9. The third-order valence-electron chi connectivity index (χ3n) is 10.2. The summed E-state index contributed by atoms with van der Waals surface area (Å²) in [6.07, 6.45) is -10.8. The average molecular weight is 842 g/mol. The van der Waals surface area contributed by atoms with Crippen molar-refractivity contribution in [3.63, 3.8) is 0 Å². The number of esters is 7. The van der Waals surface area contributed by atoms with Gasteiger partial charge in [0.1, 0.15) is 37.6 Å². The van der Waals surface area contributed by atoms with E-state index in [0.717, 1.165) is 34.6 Å². The van der Waals surface area contributed by atoms with E-state index in [1.807, 2.05) is 18.5 Å². The zero-order chi connectivity index (χ0) is 43.8. The van der Waals surface area contributed by atoms with Crippen LogP contribution in [0.5, 0.6) is 0 Å². The summed E-state index contributed by atoms with van der Waals surface area (Å²) in [5.74, 6) is -5.59. The molecule has 0 bridgehead atoms. The van der Waals surface area contributed by atoms with Gasteiger partial charge in [0, 0.05) is 60.2 Å². The molecule has 0 N–H and O–H groups in total. The molecule has 2 fully saturated rings. The van der Waals surface area contributed by atoms with Gasteiger partial charge >= 0.3 is 41.8 Å². The summed E-state index contributed by atoms with van der Waals surface area (Å²) >= 11 is 0. The number of carbonyl (C=O) groups is 7. The van der Waals surface area contributed by atoms with Crippen LogP contribution in [0, 0.1) is 0 Å². The van der Waals surface area contributed by atoms with Gasteiger partial charge in [0.15, 0.2) is 45.0 Å². The number of hydrogen-bond acceptors (Lipinski definition) is 17. The Bertz CT molecular complexity index is 1620. The standard InChI is InChI=1S/C39H59NO17Si/c1-19(2)58(20(3)4,21(5)6)40-15-14-29(16-40)32-35(51-25(10)44)36(52-26(11)45)34(30(55-32)17-48-22(7)41)57-39-38(54-28(13)47)37(53-27(12)46)33(50-24(9)43)31(56-39)18-49-23(8)42/h14-16,19-21,30-39H,17-18H2,1-13H3/t30-,31-,32-,33-,34-,35+,36+,37+,38-,39-/m1/s1. The zero-order valence-electron chi connectivity index (χ0n) is 35.5. The lowest BCUT2D eigenvalue weighted by molar-refractivity contribution is -0.345. The van der Waals surface area contributed by atoms with Crippen LogP contribution in [-0.2, 0) is 80.9 Å². The Morgan fingerprint density at radius 2 is 0.948 bits per heavy atom. The molecular formula is C39H59NO17Si. The SMILES string of the molecule is CC(=O)OC[C@H]1O[C@H](c2ccn([Si](C(C)C)(C(C)C)C(C)C)c2)[C@H](OC(C)=O)[C@@H](OC(C)=O)[C@@H]1O[C@H]1O[C@H](COC(C)=O)[C@@H](OC(C)=O)[C@H](OC(C)=O)[C@H]1OC(C)=O. The molecule has 0 spiro atoms. The first-order valence-corrected chi connectivity index (χ1v) is 21.5. The van der Waals surface area contributed by atoms with Gasteiger partial charge in [0.05, 0.1) is 0 Å². The molecule has 0 amide bonds. The molecule has 58 heavy (non-hydrogen) atoms. The van der Waals surface area contributed by atoms with Crippen LogP contribution in [-0.4, -0.2) is 123 Å². The topological polar surface area (TPSA) is 217 Å². The lowest BCUT2D eigenvalue weighted by Crippen LogP contribution is -2.66. The molecule has 0 aliphatic carbocycles. The van der Waals surface area contributed by atoms with E-state index in [2.05, 4.69) is 45.8 Å². The van der Waals surface area contributed by atoms with E-state index in [1.54, 1.807) is 0 Å². The number of hydrogen-bond donors (Lipinski definition) is 0. The third kappa shape index (κ3) is 11.7. The van der Waals surface area contributed by atoms with E-state index in [4.69, 9.17) is 47.4 Å². The summed E-state index contributed by atoms with van der Waals surface area (Å²) in [6.45, 7) is 20.0. The van der Waals surface area contributed by atoms with Crippen LogP contribution in [0.1, 0.15) is 102 Å². The minimum atomic E-state index is -2.29. The van der Waals surface area contributed by atoms with Gasteiger partial charge in [-0.15, -0.1) is 0 Å². The molecule has 3 rings (SSSR count). The van der Waals surface area contributed by atoms with Crippen LogP contribution in [0.15, 0.2) is 18.5 Å². The number of ether oxygens (including phenoxy) is 10. The minimum Gasteiger partial charge on any atom is -0.463 e. The van der Waals surface area contributed by atoms with Gasteiger partial charge in [-0.3, -0.25) is 33.6 Å². The Balaban J connectivity index is 2.27. The van der Waals surface area contributed by atoms with Gasteiger partial charge < -0.3 is 51.6 Å². The minimum absolute atomic E-state index is 0.314. The van der Waals surface area contributed by atoms with Crippen molar-refractivity contribution in [2.75, 3.05) is 13.2 Å². The van der Waals surface area contributed by atoms with Crippen molar-refractivity contribution in [3.05, 3.63) is 24.0 Å². The van der Waals surface area contributed by atoms with E-state index in [9.17, 15) is 33.6 Å². The molecule has 10 atom stereocenters. The van der Waals surface area contributed by atoms with Crippen LogP contribution in [0.25, 0.3) is 0 Å². The molecule has 1 aromatic rings. The molecule has 19 heteroatoms. The van der Waals surface area contributed by atoms with E-state index in [1.165, 1.54) is 13.8 Å². The predicted molar refractivity (Wildman–Crippen MR) is 203 cm³/mol. The summed E-state index contributed by atoms with van der Waals surface area (Å²) in [5, 5.41) is 0. The number of rotatable bonds is 16. The summed E-state index contributed by atoms with van der Waals surface area (Å²) in [5.41, 5.74) is 1.51. The molecular weight excluding hydrogens is 783 g/mol. The molecule has 2 aliphatic rings. The highest BCUT2D eigenvalue weighted by atomic mass is 28.3. The number of aromatic nitrogens is 1. The second-order valence-corrected chi connectivity index (χ2v) is 21.2. The normalized spacial score (nSPS) is 27.4. The Hall–Kier alpha value is -4.33. The first-order chi connectivity index (χ1) is 27.0. The smallest absolute Gasteiger partial charge is 0.303 e.